The first-order chi connectivity index (χ1) is 9.57. The second-order valence-electron chi connectivity index (χ2n) is 6.06. The molecule has 0 fully saturated rings. The van der Waals surface area contributed by atoms with Gasteiger partial charge in [0.25, 0.3) is 0 Å². The highest BCUT2D eigenvalue weighted by Crippen LogP contribution is 2.14. The van der Waals surface area contributed by atoms with Crippen LogP contribution in [0.2, 0.25) is 0 Å². The van der Waals surface area contributed by atoms with Crippen LogP contribution in [0.3, 0.4) is 0 Å². The Bertz CT molecular complexity index is 407. The van der Waals surface area contributed by atoms with Crippen LogP contribution in [0.15, 0.2) is 12.2 Å². The van der Waals surface area contributed by atoms with Crippen LogP contribution < -0.4 is 5.32 Å². The van der Waals surface area contributed by atoms with Crippen molar-refractivity contribution >= 4 is 17.8 Å². The topological polar surface area (TPSA) is 81.7 Å². The van der Waals surface area contributed by atoms with Gasteiger partial charge in [-0.15, -0.1) is 0 Å². The van der Waals surface area contributed by atoms with E-state index in [1.807, 2.05) is 34.6 Å². The molecule has 0 aliphatic rings. The molecule has 120 valence electrons. The quantitative estimate of drug-likeness (QED) is 0.593. The van der Waals surface area contributed by atoms with E-state index in [4.69, 9.17) is 4.74 Å². The first-order valence-electron chi connectivity index (χ1n) is 6.81. The van der Waals surface area contributed by atoms with Crippen LogP contribution in [0.1, 0.15) is 34.6 Å². The molecule has 6 heteroatoms. The van der Waals surface area contributed by atoms with Crippen LogP contribution in [0.25, 0.3) is 0 Å². The van der Waals surface area contributed by atoms with Gasteiger partial charge in [-0.05, 0) is 5.92 Å². The molecule has 0 aliphatic carbocycles. The molecule has 1 atom stereocenters. The minimum atomic E-state index is -0.656. The highest BCUT2D eigenvalue weighted by Gasteiger charge is 2.26. The van der Waals surface area contributed by atoms with E-state index in [1.165, 1.54) is 7.11 Å². The Morgan fingerprint density at radius 1 is 1.10 bits per heavy atom. The second kappa shape index (κ2) is 8.44. The Morgan fingerprint density at radius 3 is 2.05 bits per heavy atom. The molecule has 0 unspecified atom stereocenters. The summed E-state index contributed by atoms with van der Waals surface area (Å²) in [5.41, 5.74) is -0.512. The van der Waals surface area contributed by atoms with E-state index in [9.17, 15) is 14.4 Å². The number of esters is 2. The van der Waals surface area contributed by atoms with Crippen molar-refractivity contribution in [3.8, 4) is 0 Å². The smallest absolute Gasteiger partial charge is 0.331 e. The summed E-state index contributed by atoms with van der Waals surface area (Å²) < 4.78 is 9.39. The fourth-order valence-electron chi connectivity index (χ4n) is 1.21. The zero-order valence-electron chi connectivity index (χ0n) is 13.6. The highest BCUT2D eigenvalue weighted by molar-refractivity contribution is 5.91. The van der Waals surface area contributed by atoms with Gasteiger partial charge in [0.1, 0.15) is 6.61 Å². The lowest BCUT2D eigenvalue weighted by Crippen LogP contribution is -2.46. The lowest BCUT2D eigenvalue weighted by molar-refractivity contribution is -0.141. The SMILES string of the molecule is COC(=O)/C=C/C(=O)OC[C@@H](NC(=O)C(C)(C)C)C(C)C. The van der Waals surface area contributed by atoms with E-state index >= 15 is 0 Å². The average molecular weight is 299 g/mol. The summed E-state index contributed by atoms with van der Waals surface area (Å²) in [6, 6.07) is -0.285. The van der Waals surface area contributed by atoms with E-state index in [0.29, 0.717) is 0 Å². The third-order valence-electron chi connectivity index (χ3n) is 2.76. The minimum Gasteiger partial charge on any atom is -0.466 e. The zero-order valence-corrected chi connectivity index (χ0v) is 13.6. The summed E-state index contributed by atoms with van der Waals surface area (Å²) >= 11 is 0. The van der Waals surface area contributed by atoms with Gasteiger partial charge in [0.15, 0.2) is 0 Å². The minimum absolute atomic E-state index is 0.0455. The van der Waals surface area contributed by atoms with Crippen LogP contribution in [-0.2, 0) is 23.9 Å². The van der Waals surface area contributed by atoms with E-state index in [2.05, 4.69) is 10.1 Å². The molecule has 0 bridgehead atoms. The van der Waals surface area contributed by atoms with Crippen molar-refractivity contribution in [2.75, 3.05) is 13.7 Å². The van der Waals surface area contributed by atoms with Crippen molar-refractivity contribution < 1.29 is 23.9 Å². The van der Waals surface area contributed by atoms with E-state index in [0.717, 1.165) is 12.2 Å². The Hall–Kier alpha value is -1.85. The monoisotopic (exact) mass is 299 g/mol. The molecule has 0 aromatic rings. The molecule has 0 aromatic carbocycles. The van der Waals surface area contributed by atoms with Crippen molar-refractivity contribution in [2.24, 2.45) is 11.3 Å². The Labute approximate surface area is 125 Å². The van der Waals surface area contributed by atoms with Crippen molar-refractivity contribution in [1.82, 2.24) is 5.32 Å². The van der Waals surface area contributed by atoms with Gasteiger partial charge in [-0.2, -0.15) is 0 Å². The number of rotatable bonds is 6. The number of hydrogen-bond acceptors (Lipinski definition) is 5. The highest BCUT2D eigenvalue weighted by atomic mass is 16.5. The predicted molar refractivity (Wildman–Crippen MR) is 78.3 cm³/mol. The standard InChI is InChI=1S/C15H25NO5/c1-10(2)11(16-14(19)15(3,4)5)9-21-13(18)8-7-12(17)20-6/h7-8,10-11H,9H2,1-6H3,(H,16,19)/b8-7+/t11-/m1/s1. The number of carbonyl (C=O) groups is 3. The lowest BCUT2D eigenvalue weighted by Gasteiger charge is -2.26. The van der Waals surface area contributed by atoms with E-state index in [-0.39, 0.29) is 24.5 Å². The van der Waals surface area contributed by atoms with Gasteiger partial charge >= 0.3 is 11.9 Å². The maximum absolute atomic E-state index is 12.0. The molecule has 6 nitrogen and oxygen atoms in total. The third-order valence-corrected chi connectivity index (χ3v) is 2.76. The van der Waals surface area contributed by atoms with Gasteiger partial charge in [-0.3, -0.25) is 4.79 Å². The maximum atomic E-state index is 12.0. The Kier molecular flexibility index (Phi) is 7.70. The van der Waals surface area contributed by atoms with Gasteiger partial charge < -0.3 is 14.8 Å². The summed E-state index contributed by atoms with van der Waals surface area (Å²) in [6.45, 7) is 9.32. The molecule has 0 rings (SSSR count). The first kappa shape index (κ1) is 19.1. The van der Waals surface area contributed by atoms with Crippen LogP contribution in [-0.4, -0.2) is 37.6 Å². The normalized spacial score (nSPS) is 13.1. The van der Waals surface area contributed by atoms with Crippen molar-refractivity contribution in [3.05, 3.63) is 12.2 Å². The predicted octanol–water partition coefficient (Wildman–Crippen LogP) is 1.45. The molecule has 0 aliphatic heterocycles. The number of ether oxygens (including phenoxy) is 2. The van der Waals surface area contributed by atoms with Crippen molar-refractivity contribution in [3.63, 3.8) is 0 Å². The molecule has 0 heterocycles. The molecule has 0 saturated heterocycles. The summed E-state index contributed by atoms with van der Waals surface area (Å²) in [5, 5.41) is 2.86. The summed E-state index contributed by atoms with van der Waals surface area (Å²) in [4.78, 5) is 34.2. The maximum Gasteiger partial charge on any atom is 0.331 e. The number of carbonyl (C=O) groups excluding carboxylic acids is 3. The summed E-state index contributed by atoms with van der Waals surface area (Å²) in [7, 11) is 1.22. The van der Waals surface area contributed by atoms with Gasteiger partial charge in [0, 0.05) is 17.6 Å². The first-order valence-corrected chi connectivity index (χ1v) is 6.81. The molecule has 21 heavy (non-hydrogen) atoms. The Morgan fingerprint density at radius 2 is 1.62 bits per heavy atom. The van der Waals surface area contributed by atoms with Crippen LogP contribution >= 0.6 is 0 Å². The van der Waals surface area contributed by atoms with Crippen molar-refractivity contribution in [2.45, 2.75) is 40.7 Å². The molecule has 0 saturated carbocycles. The van der Waals surface area contributed by atoms with Gasteiger partial charge in [-0.1, -0.05) is 34.6 Å². The Balaban J connectivity index is 4.47. The van der Waals surface area contributed by atoms with Gasteiger partial charge in [0.2, 0.25) is 5.91 Å². The van der Waals surface area contributed by atoms with Gasteiger partial charge in [-0.25, -0.2) is 9.59 Å². The van der Waals surface area contributed by atoms with Crippen LogP contribution in [0, 0.1) is 11.3 Å². The molecular weight excluding hydrogens is 274 g/mol. The number of amides is 1. The number of nitrogens with one attached hydrogen (secondary N) is 1. The van der Waals surface area contributed by atoms with E-state index < -0.39 is 17.4 Å². The largest absolute Gasteiger partial charge is 0.466 e. The fourth-order valence-corrected chi connectivity index (χ4v) is 1.21. The van der Waals surface area contributed by atoms with Crippen molar-refractivity contribution in [1.29, 1.82) is 0 Å². The molecular formula is C15H25NO5. The summed E-state index contributed by atoms with van der Waals surface area (Å²) in [6.07, 6.45) is 1.98. The lowest BCUT2D eigenvalue weighted by atomic mass is 9.94. The van der Waals surface area contributed by atoms with Crippen LogP contribution in [0.5, 0.6) is 0 Å². The number of methoxy groups -OCH3 is 1. The van der Waals surface area contributed by atoms with E-state index in [1.54, 1.807) is 0 Å². The number of hydrogen-bond donors (Lipinski definition) is 1. The summed E-state index contributed by atoms with van der Waals surface area (Å²) in [5.74, 6) is -1.29. The zero-order chi connectivity index (χ0) is 16.6. The molecule has 0 radical (unpaired) electrons. The molecule has 1 amide bonds. The third kappa shape index (κ3) is 8.12. The van der Waals surface area contributed by atoms with Gasteiger partial charge in [0.05, 0.1) is 13.2 Å². The van der Waals surface area contributed by atoms with Crippen LogP contribution in [0.4, 0.5) is 0 Å². The molecule has 0 aromatic heterocycles. The second-order valence-corrected chi connectivity index (χ2v) is 6.06. The average Bonchev–Trinajstić information content (AvgIpc) is 2.38. The molecule has 0 spiro atoms. The molecule has 1 N–H and O–H groups in total. The fraction of sp³-hybridized carbons (Fsp3) is 0.667.